The van der Waals surface area contributed by atoms with E-state index in [-0.39, 0.29) is 11.9 Å². The Hall–Kier alpha value is -1.84. The number of hydrogen-bond donors (Lipinski definition) is 1. The normalized spacial score (nSPS) is 11.1. The Kier molecular flexibility index (Phi) is 4.26. The fourth-order valence-corrected chi connectivity index (χ4v) is 1.36. The van der Waals surface area contributed by atoms with Crippen LogP contribution in [0, 0.1) is 5.82 Å². The van der Waals surface area contributed by atoms with E-state index in [1.807, 2.05) is 25.8 Å². The summed E-state index contributed by atoms with van der Waals surface area (Å²) in [5.74, 6) is -1.40. The molecule has 0 aromatic heterocycles. The van der Waals surface area contributed by atoms with Crippen molar-refractivity contribution >= 4 is 17.7 Å². The van der Waals surface area contributed by atoms with Crippen LogP contribution in [0.25, 0.3) is 6.08 Å². The first-order valence-electron chi connectivity index (χ1n) is 5.35. The molecule has 1 rings (SSSR count). The van der Waals surface area contributed by atoms with Crippen molar-refractivity contribution in [2.24, 2.45) is 0 Å². The number of benzene rings is 1. The van der Waals surface area contributed by atoms with Crippen LogP contribution in [0.4, 0.5) is 10.1 Å². The number of hydrogen-bond acceptors (Lipinski definition) is 2. The average Bonchev–Trinajstić information content (AvgIpc) is 2.25. The molecular formula is C13H16FNO2. The summed E-state index contributed by atoms with van der Waals surface area (Å²) in [5, 5.41) is 8.47. The molecule has 0 amide bonds. The Labute approximate surface area is 100 Å². The van der Waals surface area contributed by atoms with E-state index >= 15 is 0 Å². The Morgan fingerprint density at radius 2 is 2.12 bits per heavy atom. The van der Waals surface area contributed by atoms with Gasteiger partial charge in [-0.25, -0.2) is 9.18 Å². The maximum Gasteiger partial charge on any atom is 0.328 e. The van der Waals surface area contributed by atoms with Gasteiger partial charge in [0, 0.05) is 19.2 Å². The van der Waals surface area contributed by atoms with Gasteiger partial charge in [-0.15, -0.1) is 0 Å². The Morgan fingerprint density at radius 3 is 2.59 bits per heavy atom. The highest BCUT2D eigenvalue weighted by molar-refractivity contribution is 5.85. The van der Waals surface area contributed by atoms with Gasteiger partial charge in [-0.2, -0.15) is 0 Å². The number of carboxylic acids is 1. The van der Waals surface area contributed by atoms with E-state index in [9.17, 15) is 9.18 Å². The molecule has 92 valence electrons. The predicted molar refractivity (Wildman–Crippen MR) is 66.6 cm³/mol. The van der Waals surface area contributed by atoms with E-state index in [4.69, 9.17) is 5.11 Å². The molecule has 1 aromatic carbocycles. The van der Waals surface area contributed by atoms with Crippen LogP contribution in [0.1, 0.15) is 19.4 Å². The van der Waals surface area contributed by atoms with Crippen molar-refractivity contribution in [2.75, 3.05) is 11.9 Å². The Bertz CT molecular complexity index is 441. The summed E-state index contributed by atoms with van der Waals surface area (Å²) in [4.78, 5) is 12.2. The maximum atomic E-state index is 13.8. The summed E-state index contributed by atoms with van der Waals surface area (Å²) < 4.78 is 13.8. The Balaban J connectivity index is 2.98. The molecule has 0 saturated carbocycles. The van der Waals surface area contributed by atoms with E-state index in [2.05, 4.69) is 0 Å². The zero-order valence-corrected chi connectivity index (χ0v) is 10.1. The largest absolute Gasteiger partial charge is 0.478 e. The van der Waals surface area contributed by atoms with Gasteiger partial charge < -0.3 is 10.0 Å². The minimum Gasteiger partial charge on any atom is -0.478 e. The van der Waals surface area contributed by atoms with Crippen LogP contribution in [-0.2, 0) is 4.79 Å². The van der Waals surface area contributed by atoms with Crippen molar-refractivity contribution in [3.05, 3.63) is 35.7 Å². The first-order valence-corrected chi connectivity index (χ1v) is 5.35. The number of carbonyl (C=O) groups is 1. The topological polar surface area (TPSA) is 40.5 Å². The number of halogens is 1. The van der Waals surface area contributed by atoms with Crippen LogP contribution in [0.15, 0.2) is 24.3 Å². The van der Waals surface area contributed by atoms with Crippen molar-refractivity contribution < 1.29 is 14.3 Å². The molecule has 0 unspecified atom stereocenters. The standard InChI is InChI=1S/C13H16FNO2/c1-9(2)15(3)12-6-4-10(8-11(12)14)5-7-13(16)17/h4-9H,1-3H3,(H,16,17)/b7-5+. The van der Waals surface area contributed by atoms with Crippen LogP contribution in [-0.4, -0.2) is 24.2 Å². The van der Waals surface area contributed by atoms with Gasteiger partial charge >= 0.3 is 5.97 Å². The lowest BCUT2D eigenvalue weighted by molar-refractivity contribution is -0.131. The van der Waals surface area contributed by atoms with E-state index in [0.29, 0.717) is 11.3 Å². The van der Waals surface area contributed by atoms with Crippen LogP contribution >= 0.6 is 0 Å². The van der Waals surface area contributed by atoms with Gasteiger partial charge in [-0.1, -0.05) is 6.07 Å². The number of nitrogens with zero attached hydrogens (tertiary/aromatic N) is 1. The van der Waals surface area contributed by atoms with Gasteiger partial charge in [0.1, 0.15) is 5.82 Å². The molecular weight excluding hydrogens is 221 g/mol. The highest BCUT2D eigenvalue weighted by Crippen LogP contribution is 2.21. The molecule has 0 bridgehead atoms. The summed E-state index contributed by atoms with van der Waals surface area (Å²) in [6, 6.07) is 4.87. The SMILES string of the molecule is CC(C)N(C)c1ccc(/C=C/C(=O)O)cc1F. The van der Waals surface area contributed by atoms with E-state index < -0.39 is 5.97 Å². The molecule has 0 radical (unpaired) electrons. The monoisotopic (exact) mass is 237 g/mol. The van der Waals surface area contributed by atoms with Crippen LogP contribution in [0.2, 0.25) is 0 Å². The minimum atomic E-state index is -1.05. The summed E-state index contributed by atoms with van der Waals surface area (Å²) >= 11 is 0. The second kappa shape index (κ2) is 5.48. The molecule has 0 spiro atoms. The van der Waals surface area contributed by atoms with Crippen molar-refractivity contribution in [1.82, 2.24) is 0 Å². The number of rotatable bonds is 4. The third kappa shape index (κ3) is 3.59. The molecule has 0 saturated heterocycles. The lowest BCUT2D eigenvalue weighted by atomic mass is 10.1. The zero-order valence-electron chi connectivity index (χ0n) is 10.1. The van der Waals surface area contributed by atoms with Crippen molar-refractivity contribution in [1.29, 1.82) is 0 Å². The summed E-state index contributed by atoms with van der Waals surface area (Å²) in [7, 11) is 1.82. The molecule has 4 heteroatoms. The summed E-state index contributed by atoms with van der Waals surface area (Å²) in [6.45, 7) is 3.94. The van der Waals surface area contributed by atoms with Gasteiger partial charge in [0.25, 0.3) is 0 Å². The van der Waals surface area contributed by atoms with Crippen molar-refractivity contribution in [2.45, 2.75) is 19.9 Å². The van der Waals surface area contributed by atoms with Crippen molar-refractivity contribution in [3.63, 3.8) is 0 Å². The van der Waals surface area contributed by atoms with E-state index in [0.717, 1.165) is 6.08 Å². The van der Waals surface area contributed by atoms with E-state index in [1.54, 1.807) is 12.1 Å². The molecule has 17 heavy (non-hydrogen) atoms. The average molecular weight is 237 g/mol. The second-order valence-electron chi connectivity index (χ2n) is 4.09. The van der Waals surface area contributed by atoms with Gasteiger partial charge in [-0.3, -0.25) is 0 Å². The fourth-order valence-electron chi connectivity index (χ4n) is 1.36. The van der Waals surface area contributed by atoms with Crippen LogP contribution < -0.4 is 4.90 Å². The molecule has 0 aliphatic rings. The molecule has 0 aliphatic carbocycles. The third-order valence-electron chi connectivity index (χ3n) is 2.54. The minimum absolute atomic E-state index is 0.199. The lowest BCUT2D eigenvalue weighted by Gasteiger charge is -2.24. The molecule has 0 fully saturated rings. The molecule has 1 N–H and O–H groups in total. The highest BCUT2D eigenvalue weighted by atomic mass is 19.1. The lowest BCUT2D eigenvalue weighted by Crippen LogP contribution is -2.26. The van der Waals surface area contributed by atoms with Crippen LogP contribution in [0.5, 0.6) is 0 Å². The predicted octanol–water partition coefficient (Wildman–Crippen LogP) is 2.77. The van der Waals surface area contributed by atoms with Gasteiger partial charge in [0.2, 0.25) is 0 Å². The van der Waals surface area contributed by atoms with Gasteiger partial charge in [0.05, 0.1) is 5.69 Å². The first kappa shape index (κ1) is 13.2. The molecule has 0 heterocycles. The zero-order chi connectivity index (χ0) is 13.0. The molecule has 0 atom stereocenters. The maximum absolute atomic E-state index is 13.8. The van der Waals surface area contributed by atoms with Gasteiger partial charge in [0.15, 0.2) is 0 Å². The third-order valence-corrected chi connectivity index (χ3v) is 2.54. The quantitative estimate of drug-likeness (QED) is 0.818. The number of anilines is 1. The number of aliphatic carboxylic acids is 1. The first-order chi connectivity index (χ1) is 7.91. The fraction of sp³-hybridized carbons (Fsp3) is 0.308. The van der Waals surface area contributed by atoms with E-state index in [1.165, 1.54) is 12.1 Å². The van der Waals surface area contributed by atoms with Crippen molar-refractivity contribution in [3.8, 4) is 0 Å². The molecule has 0 aliphatic heterocycles. The summed E-state index contributed by atoms with van der Waals surface area (Å²) in [5.41, 5.74) is 1.04. The smallest absolute Gasteiger partial charge is 0.328 e. The second-order valence-corrected chi connectivity index (χ2v) is 4.09. The van der Waals surface area contributed by atoms with Crippen LogP contribution in [0.3, 0.4) is 0 Å². The highest BCUT2D eigenvalue weighted by Gasteiger charge is 2.10. The van der Waals surface area contributed by atoms with Gasteiger partial charge in [-0.05, 0) is 37.6 Å². The Morgan fingerprint density at radius 1 is 1.47 bits per heavy atom. The molecule has 3 nitrogen and oxygen atoms in total. The number of carboxylic acid groups (broad SMARTS) is 1. The molecule has 1 aromatic rings. The summed E-state index contributed by atoms with van der Waals surface area (Å²) in [6.07, 6.45) is 2.35.